The van der Waals surface area contributed by atoms with Crippen molar-refractivity contribution in [3.63, 3.8) is 0 Å². The van der Waals surface area contributed by atoms with Crippen LogP contribution in [0.5, 0.6) is 0 Å². The number of halogens is 3. The number of alkyl halides is 3. The molecule has 1 heterocycles. The third kappa shape index (κ3) is 3.36. The minimum atomic E-state index is -4.36. The summed E-state index contributed by atoms with van der Waals surface area (Å²) in [5.41, 5.74) is 5.89. The van der Waals surface area contributed by atoms with E-state index < -0.39 is 11.7 Å². The SMILES string of the molecule is CCOC1CCCN(c2ccc(C(F)(F)F)cc2N)C1. The summed E-state index contributed by atoms with van der Waals surface area (Å²) in [6.45, 7) is 4.04. The molecule has 0 bridgehead atoms. The molecule has 0 aromatic heterocycles. The Balaban J connectivity index is 2.16. The smallest absolute Gasteiger partial charge is 0.397 e. The number of anilines is 2. The number of hydrogen-bond donors (Lipinski definition) is 1. The number of rotatable bonds is 3. The van der Waals surface area contributed by atoms with Gasteiger partial charge in [-0.15, -0.1) is 0 Å². The summed E-state index contributed by atoms with van der Waals surface area (Å²) in [5, 5.41) is 0. The fourth-order valence-corrected chi connectivity index (χ4v) is 2.55. The van der Waals surface area contributed by atoms with E-state index in [1.165, 1.54) is 6.07 Å². The molecule has 0 radical (unpaired) electrons. The molecule has 1 aliphatic rings. The van der Waals surface area contributed by atoms with Crippen molar-refractivity contribution in [2.45, 2.75) is 32.0 Å². The fraction of sp³-hybridized carbons (Fsp3) is 0.571. The van der Waals surface area contributed by atoms with Gasteiger partial charge in [0.25, 0.3) is 0 Å². The van der Waals surface area contributed by atoms with Crippen LogP contribution in [0.2, 0.25) is 0 Å². The molecule has 1 aromatic rings. The van der Waals surface area contributed by atoms with Crippen LogP contribution >= 0.6 is 0 Å². The van der Waals surface area contributed by atoms with Gasteiger partial charge in [-0.25, -0.2) is 0 Å². The number of nitrogens with two attached hydrogens (primary N) is 1. The Morgan fingerprint density at radius 3 is 2.75 bits per heavy atom. The summed E-state index contributed by atoms with van der Waals surface area (Å²) < 4.78 is 43.4. The molecule has 1 atom stereocenters. The van der Waals surface area contributed by atoms with E-state index >= 15 is 0 Å². The molecule has 6 heteroatoms. The van der Waals surface area contributed by atoms with Crippen LogP contribution in [0.15, 0.2) is 18.2 Å². The largest absolute Gasteiger partial charge is 0.416 e. The number of benzene rings is 1. The Morgan fingerprint density at radius 2 is 2.15 bits per heavy atom. The van der Waals surface area contributed by atoms with Crippen LogP contribution in [0, 0.1) is 0 Å². The highest BCUT2D eigenvalue weighted by Crippen LogP contribution is 2.35. The maximum atomic E-state index is 12.6. The van der Waals surface area contributed by atoms with Gasteiger partial charge >= 0.3 is 6.18 Å². The Morgan fingerprint density at radius 1 is 1.40 bits per heavy atom. The standard InChI is InChI=1S/C14H19F3N2O/c1-2-20-11-4-3-7-19(9-11)13-6-5-10(8-12(13)18)14(15,16)17/h5-6,8,11H,2-4,7,9,18H2,1H3. The molecule has 0 saturated carbocycles. The number of ether oxygens (including phenoxy) is 1. The molecule has 1 unspecified atom stereocenters. The van der Waals surface area contributed by atoms with Crippen molar-refractivity contribution in [2.75, 3.05) is 30.3 Å². The van der Waals surface area contributed by atoms with Gasteiger partial charge in [-0.1, -0.05) is 0 Å². The molecule has 0 amide bonds. The molecular formula is C14H19F3N2O. The number of hydrogen-bond acceptors (Lipinski definition) is 3. The topological polar surface area (TPSA) is 38.5 Å². The summed E-state index contributed by atoms with van der Waals surface area (Å²) in [4.78, 5) is 2.00. The van der Waals surface area contributed by atoms with E-state index in [9.17, 15) is 13.2 Å². The molecule has 3 nitrogen and oxygen atoms in total. The lowest BCUT2D eigenvalue weighted by atomic mass is 10.1. The van der Waals surface area contributed by atoms with Crippen LogP contribution < -0.4 is 10.6 Å². The van der Waals surface area contributed by atoms with Gasteiger partial charge in [0.15, 0.2) is 0 Å². The van der Waals surface area contributed by atoms with Crippen molar-refractivity contribution >= 4 is 11.4 Å². The second-order valence-electron chi connectivity index (χ2n) is 4.94. The van der Waals surface area contributed by atoms with E-state index in [0.29, 0.717) is 18.8 Å². The van der Waals surface area contributed by atoms with Crippen molar-refractivity contribution in [1.82, 2.24) is 0 Å². The Bertz CT molecular complexity index is 460. The van der Waals surface area contributed by atoms with Gasteiger partial charge in [0.05, 0.1) is 23.0 Å². The first kappa shape index (κ1) is 15.0. The van der Waals surface area contributed by atoms with E-state index in [2.05, 4.69) is 0 Å². The molecule has 1 aliphatic heterocycles. The third-order valence-electron chi connectivity index (χ3n) is 3.48. The first-order valence-electron chi connectivity index (χ1n) is 6.75. The summed E-state index contributed by atoms with van der Waals surface area (Å²) in [6, 6.07) is 3.53. The van der Waals surface area contributed by atoms with Crippen LogP contribution in [-0.2, 0) is 10.9 Å². The second-order valence-corrected chi connectivity index (χ2v) is 4.94. The van der Waals surface area contributed by atoms with Gasteiger partial charge in [0.1, 0.15) is 0 Å². The van der Waals surface area contributed by atoms with Gasteiger partial charge in [0, 0.05) is 19.7 Å². The lowest BCUT2D eigenvalue weighted by Crippen LogP contribution is -2.40. The number of nitrogen functional groups attached to an aromatic ring is 1. The summed E-state index contributed by atoms with van der Waals surface area (Å²) in [5.74, 6) is 0. The molecular weight excluding hydrogens is 269 g/mol. The fourth-order valence-electron chi connectivity index (χ4n) is 2.55. The predicted molar refractivity (Wildman–Crippen MR) is 72.7 cm³/mol. The first-order chi connectivity index (χ1) is 9.41. The highest BCUT2D eigenvalue weighted by Gasteiger charge is 2.31. The van der Waals surface area contributed by atoms with Crippen molar-refractivity contribution < 1.29 is 17.9 Å². The second kappa shape index (κ2) is 5.91. The summed E-state index contributed by atoms with van der Waals surface area (Å²) >= 11 is 0. The average Bonchev–Trinajstić information content (AvgIpc) is 2.38. The molecule has 2 rings (SSSR count). The van der Waals surface area contributed by atoms with Gasteiger partial charge in [-0.2, -0.15) is 13.2 Å². The minimum Gasteiger partial charge on any atom is -0.397 e. The van der Waals surface area contributed by atoms with E-state index in [-0.39, 0.29) is 11.8 Å². The van der Waals surface area contributed by atoms with Crippen LogP contribution in [0.4, 0.5) is 24.5 Å². The van der Waals surface area contributed by atoms with E-state index in [4.69, 9.17) is 10.5 Å². The van der Waals surface area contributed by atoms with Crippen molar-refractivity contribution in [2.24, 2.45) is 0 Å². The Labute approximate surface area is 116 Å². The highest BCUT2D eigenvalue weighted by atomic mass is 19.4. The van der Waals surface area contributed by atoms with Crippen LogP contribution in [0.1, 0.15) is 25.3 Å². The molecule has 2 N–H and O–H groups in total. The average molecular weight is 288 g/mol. The lowest BCUT2D eigenvalue weighted by molar-refractivity contribution is -0.137. The molecule has 112 valence electrons. The van der Waals surface area contributed by atoms with Gasteiger partial charge in [-0.05, 0) is 38.0 Å². The van der Waals surface area contributed by atoms with Crippen molar-refractivity contribution in [3.8, 4) is 0 Å². The zero-order chi connectivity index (χ0) is 14.8. The minimum absolute atomic E-state index is 0.121. The van der Waals surface area contributed by atoms with Crippen LogP contribution in [0.3, 0.4) is 0 Å². The highest BCUT2D eigenvalue weighted by molar-refractivity contribution is 5.69. The maximum absolute atomic E-state index is 12.6. The van der Waals surface area contributed by atoms with Crippen molar-refractivity contribution in [3.05, 3.63) is 23.8 Å². The van der Waals surface area contributed by atoms with Gasteiger partial charge in [-0.3, -0.25) is 0 Å². The zero-order valence-corrected chi connectivity index (χ0v) is 11.4. The number of piperidine rings is 1. The Hall–Kier alpha value is -1.43. The van der Waals surface area contributed by atoms with Crippen molar-refractivity contribution in [1.29, 1.82) is 0 Å². The monoisotopic (exact) mass is 288 g/mol. The summed E-state index contributed by atoms with van der Waals surface area (Å²) in [6.07, 6.45) is -2.31. The maximum Gasteiger partial charge on any atom is 0.416 e. The molecule has 1 saturated heterocycles. The lowest BCUT2D eigenvalue weighted by Gasteiger charge is -2.35. The van der Waals surface area contributed by atoms with E-state index in [1.807, 2.05) is 11.8 Å². The predicted octanol–water partition coefficient (Wildman–Crippen LogP) is 3.29. The van der Waals surface area contributed by atoms with Crippen LogP contribution in [-0.4, -0.2) is 25.8 Å². The number of nitrogens with zero attached hydrogens (tertiary/aromatic N) is 1. The van der Waals surface area contributed by atoms with Gasteiger partial charge in [0.2, 0.25) is 0 Å². The van der Waals surface area contributed by atoms with Crippen LogP contribution in [0.25, 0.3) is 0 Å². The third-order valence-corrected chi connectivity index (χ3v) is 3.48. The van der Waals surface area contributed by atoms with E-state index in [0.717, 1.165) is 31.5 Å². The normalized spacial score (nSPS) is 20.2. The molecule has 0 aliphatic carbocycles. The summed E-state index contributed by atoms with van der Waals surface area (Å²) in [7, 11) is 0. The Kier molecular flexibility index (Phi) is 4.42. The van der Waals surface area contributed by atoms with E-state index in [1.54, 1.807) is 0 Å². The molecule has 1 aromatic carbocycles. The zero-order valence-electron chi connectivity index (χ0n) is 11.4. The molecule has 20 heavy (non-hydrogen) atoms. The first-order valence-corrected chi connectivity index (χ1v) is 6.75. The molecule has 1 fully saturated rings. The quantitative estimate of drug-likeness (QED) is 0.867. The molecule has 0 spiro atoms. The van der Waals surface area contributed by atoms with Gasteiger partial charge < -0.3 is 15.4 Å².